The molecule has 2 heterocycles. The molecule has 0 saturated heterocycles. The van der Waals surface area contributed by atoms with Gasteiger partial charge in [0.25, 0.3) is 12.5 Å². The number of nitro groups is 1. The molecule has 1 aromatic heterocycles. The number of fused-ring (bicyclic) bond motifs is 1. The van der Waals surface area contributed by atoms with Crippen LogP contribution in [0, 0.1) is 10.1 Å². The van der Waals surface area contributed by atoms with Crippen molar-refractivity contribution in [2.24, 2.45) is 4.99 Å². The van der Waals surface area contributed by atoms with Crippen LogP contribution in [0.3, 0.4) is 0 Å². The highest BCUT2D eigenvalue weighted by Gasteiger charge is 2.27. The average Bonchev–Trinajstić information content (AvgIpc) is 3.24. The summed E-state index contributed by atoms with van der Waals surface area (Å²) in [6.07, 6.45) is 0.579. The molecular weight excluding hydrogens is 452 g/mol. The molecule has 34 heavy (non-hydrogen) atoms. The number of nitrogens with one attached hydrogen (secondary N) is 1. The van der Waals surface area contributed by atoms with Crippen molar-refractivity contribution in [1.82, 2.24) is 9.88 Å². The number of para-hydroxylation sites is 1. The Balaban J connectivity index is 1.53. The van der Waals surface area contributed by atoms with E-state index >= 15 is 0 Å². The van der Waals surface area contributed by atoms with E-state index in [9.17, 15) is 14.9 Å². The summed E-state index contributed by atoms with van der Waals surface area (Å²) in [4.78, 5) is 35.7. The zero-order chi connectivity index (χ0) is 24.2. The van der Waals surface area contributed by atoms with Crippen molar-refractivity contribution < 1.29 is 9.72 Å². The molecule has 9 nitrogen and oxygen atoms in total. The lowest BCUT2D eigenvalue weighted by Crippen LogP contribution is -2.39. The number of carbonyl (C=O) groups excluding carboxylic acids is 1. The average molecular weight is 479 g/mol. The summed E-state index contributed by atoms with van der Waals surface area (Å²) >= 11 is 1.29. The van der Waals surface area contributed by atoms with E-state index in [0.29, 0.717) is 53.3 Å². The van der Waals surface area contributed by atoms with E-state index in [2.05, 4.69) is 29.1 Å². The van der Waals surface area contributed by atoms with Crippen LogP contribution in [-0.4, -0.2) is 39.6 Å². The van der Waals surface area contributed by atoms with Gasteiger partial charge in [-0.3, -0.25) is 14.9 Å². The molecular formula is C24H26N6O3S. The molecule has 0 radical (unpaired) electrons. The van der Waals surface area contributed by atoms with Crippen molar-refractivity contribution in [2.45, 2.75) is 32.7 Å². The normalized spacial score (nSPS) is 13.6. The third-order valence-electron chi connectivity index (χ3n) is 5.57. The van der Waals surface area contributed by atoms with E-state index in [1.54, 1.807) is 6.07 Å². The fourth-order valence-corrected chi connectivity index (χ4v) is 4.72. The Kier molecular flexibility index (Phi) is 6.87. The SMILES string of the molecule is CC(C)c1ccc(N)c(NC(=O)c2nc3c(s2)CN(C(C[N+](=O)[O-])=Nc2ccccc2)CC3)c1. The zero-order valence-electron chi connectivity index (χ0n) is 19.0. The van der Waals surface area contributed by atoms with Crippen LogP contribution >= 0.6 is 11.3 Å². The molecule has 2 aromatic carbocycles. The second-order valence-electron chi connectivity index (χ2n) is 8.37. The maximum atomic E-state index is 12.9. The first-order valence-electron chi connectivity index (χ1n) is 11.0. The molecule has 10 heteroatoms. The Hall–Kier alpha value is -3.79. The highest BCUT2D eigenvalue weighted by atomic mass is 32.1. The smallest absolute Gasteiger partial charge is 0.284 e. The summed E-state index contributed by atoms with van der Waals surface area (Å²) in [6.45, 7) is 4.74. The lowest BCUT2D eigenvalue weighted by atomic mass is 10.0. The molecule has 4 rings (SSSR count). The number of hydrogen-bond acceptors (Lipinski definition) is 7. The Morgan fingerprint density at radius 2 is 2.06 bits per heavy atom. The second-order valence-corrected chi connectivity index (χ2v) is 9.45. The van der Waals surface area contributed by atoms with Gasteiger partial charge < -0.3 is 16.0 Å². The Bertz CT molecular complexity index is 1240. The van der Waals surface area contributed by atoms with Crippen LogP contribution < -0.4 is 11.1 Å². The minimum Gasteiger partial charge on any atom is -0.397 e. The fourth-order valence-electron chi connectivity index (χ4n) is 3.70. The van der Waals surface area contributed by atoms with Crippen molar-refractivity contribution >= 4 is 40.1 Å². The summed E-state index contributed by atoms with van der Waals surface area (Å²) in [5.74, 6) is 0.377. The molecule has 176 valence electrons. The van der Waals surface area contributed by atoms with E-state index in [0.717, 1.165) is 16.1 Å². The van der Waals surface area contributed by atoms with Gasteiger partial charge in [0, 0.05) is 22.8 Å². The molecule has 3 aromatic rings. The van der Waals surface area contributed by atoms with Crippen molar-refractivity contribution in [3.63, 3.8) is 0 Å². The Labute approximate surface area is 201 Å². The van der Waals surface area contributed by atoms with Crippen LogP contribution in [0.4, 0.5) is 17.1 Å². The van der Waals surface area contributed by atoms with Gasteiger partial charge in [-0.1, -0.05) is 38.1 Å². The molecule has 0 aliphatic carbocycles. The molecule has 1 aliphatic heterocycles. The van der Waals surface area contributed by atoms with Crippen LogP contribution in [0.1, 0.15) is 45.7 Å². The number of rotatable bonds is 6. The van der Waals surface area contributed by atoms with Gasteiger partial charge in [0.05, 0.1) is 29.3 Å². The summed E-state index contributed by atoms with van der Waals surface area (Å²) in [5.41, 5.74) is 9.70. The summed E-state index contributed by atoms with van der Waals surface area (Å²) in [6, 6.07) is 14.8. The highest BCUT2D eigenvalue weighted by Crippen LogP contribution is 2.29. The predicted molar refractivity (Wildman–Crippen MR) is 135 cm³/mol. The van der Waals surface area contributed by atoms with Crippen molar-refractivity contribution in [2.75, 3.05) is 24.1 Å². The van der Waals surface area contributed by atoms with Crippen LogP contribution in [0.5, 0.6) is 0 Å². The van der Waals surface area contributed by atoms with Crippen molar-refractivity contribution in [3.05, 3.63) is 79.8 Å². The molecule has 0 bridgehead atoms. The van der Waals surface area contributed by atoms with Gasteiger partial charge in [-0.15, -0.1) is 11.3 Å². The summed E-state index contributed by atoms with van der Waals surface area (Å²) < 4.78 is 0. The number of amidine groups is 1. The fraction of sp³-hybridized carbons (Fsp3) is 0.292. The molecule has 0 saturated carbocycles. The molecule has 1 amide bonds. The lowest BCUT2D eigenvalue weighted by molar-refractivity contribution is -0.464. The van der Waals surface area contributed by atoms with Crippen molar-refractivity contribution in [1.29, 1.82) is 0 Å². The van der Waals surface area contributed by atoms with Gasteiger partial charge in [0.15, 0.2) is 10.8 Å². The number of amides is 1. The van der Waals surface area contributed by atoms with E-state index in [1.165, 1.54) is 11.3 Å². The molecule has 0 atom stereocenters. The first-order valence-corrected chi connectivity index (χ1v) is 11.8. The standard InChI is InChI=1S/C24H26N6O3S/c1-15(2)16-8-9-18(25)20(12-16)27-23(31)24-28-19-10-11-29(13-21(19)34-24)22(14-30(32)33)26-17-6-4-3-5-7-17/h3-9,12,15H,10-11,13-14,25H2,1-2H3,(H,27,31). The first kappa shape index (κ1) is 23.4. The largest absolute Gasteiger partial charge is 0.397 e. The summed E-state index contributed by atoms with van der Waals surface area (Å²) in [5, 5.41) is 14.5. The molecule has 0 spiro atoms. The van der Waals surface area contributed by atoms with Gasteiger partial charge in [-0.05, 0) is 35.7 Å². The third kappa shape index (κ3) is 5.40. The van der Waals surface area contributed by atoms with Crippen LogP contribution in [-0.2, 0) is 13.0 Å². The van der Waals surface area contributed by atoms with E-state index in [1.807, 2.05) is 47.4 Å². The number of aromatic nitrogens is 1. The van der Waals surface area contributed by atoms with E-state index in [-0.39, 0.29) is 17.4 Å². The minimum absolute atomic E-state index is 0.306. The number of hydrogen-bond donors (Lipinski definition) is 2. The van der Waals surface area contributed by atoms with Gasteiger partial charge in [-0.25, -0.2) is 9.98 Å². The van der Waals surface area contributed by atoms with Crippen LogP contribution in [0.2, 0.25) is 0 Å². The maximum Gasteiger partial charge on any atom is 0.284 e. The number of aliphatic imine (C=N–C) groups is 1. The van der Waals surface area contributed by atoms with Gasteiger partial charge in [0.1, 0.15) is 0 Å². The lowest BCUT2D eigenvalue weighted by Gasteiger charge is -2.27. The van der Waals surface area contributed by atoms with Crippen LogP contribution in [0.25, 0.3) is 0 Å². The minimum atomic E-state index is -0.376. The zero-order valence-corrected chi connectivity index (χ0v) is 19.8. The topological polar surface area (TPSA) is 127 Å². The van der Waals surface area contributed by atoms with E-state index in [4.69, 9.17) is 5.73 Å². The van der Waals surface area contributed by atoms with Gasteiger partial charge in [0.2, 0.25) is 0 Å². The monoisotopic (exact) mass is 478 g/mol. The van der Waals surface area contributed by atoms with Crippen molar-refractivity contribution in [3.8, 4) is 0 Å². The quantitative estimate of drug-likeness (QED) is 0.177. The molecule has 3 N–H and O–H groups in total. The number of nitrogens with zero attached hydrogens (tertiary/aromatic N) is 4. The number of nitrogen functional groups attached to an aromatic ring is 1. The third-order valence-corrected chi connectivity index (χ3v) is 6.65. The number of thiazole rings is 1. The molecule has 1 aliphatic rings. The van der Waals surface area contributed by atoms with E-state index < -0.39 is 0 Å². The first-order chi connectivity index (χ1) is 16.3. The van der Waals surface area contributed by atoms with Gasteiger partial charge >= 0.3 is 0 Å². The molecule has 0 fully saturated rings. The summed E-state index contributed by atoms with van der Waals surface area (Å²) in [7, 11) is 0. The molecule has 0 unspecified atom stereocenters. The number of anilines is 2. The highest BCUT2D eigenvalue weighted by molar-refractivity contribution is 7.13. The number of carbonyl (C=O) groups is 1. The second kappa shape index (κ2) is 10.0. The Morgan fingerprint density at radius 3 is 2.76 bits per heavy atom. The predicted octanol–water partition coefficient (Wildman–Crippen LogP) is 4.47. The maximum absolute atomic E-state index is 12.9. The Morgan fingerprint density at radius 1 is 1.29 bits per heavy atom. The van der Waals surface area contributed by atoms with Crippen LogP contribution in [0.15, 0.2) is 53.5 Å². The van der Waals surface area contributed by atoms with Gasteiger partial charge in [-0.2, -0.15) is 0 Å². The number of benzene rings is 2. The number of nitrogens with two attached hydrogens (primary N) is 1.